The fourth-order valence-corrected chi connectivity index (χ4v) is 3.07. The second kappa shape index (κ2) is 9.32. The number of anilines is 2. The number of amides is 2. The van der Waals surface area contributed by atoms with Crippen molar-refractivity contribution >= 4 is 52.1 Å². The van der Waals surface area contributed by atoms with Gasteiger partial charge < -0.3 is 10.6 Å². The SMILES string of the molecule is Cc1cccc(C(=O)NC(=S)Nc2cccc(NC(=O)c3ccccc3Cl)c2)c1. The third-order valence-corrected chi connectivity index (χ3v) is 4.54. The van der Waals surface area contributed by atoms with E-state index in [4.69, 9.17) is 23.8 Å². The molecule has 0 aliphatic carbocycles. The first kappa shape index (κ1) is 20.5. The smallest absolute Gasteiger partial charge is 0.257 e. The summed E-state index contributed by atoms with van der Waals surface area (Å²) in [6.07, 6.45) is 0. The number of carbonyl (C=O) groups excluding carboxylic acids is 2. The van der Waals surface area contributed by atoms with Crippen LogP contribution in [0, 0.1) is 6.92 Å². The van der Waals surface area contributed by atoms with E-state index >= 15 is 0 Å². The molecule has 3 aromatic carbocycles. The van der Waals surface area contributed by atoms with Crippen molar-refractivity contribution in [2.75, 3.05) is 10.6 Å². The molecule has 0 unspecified atom stereocenters. The van der Waals surface area contributed by atoms with Crippen molar-refractivity contribution in [3.63, 3.8) is 0 Å². The van der Waals surface area contributed by atoms with E-state index in [0.29, 0.717) is 27.5 Å². The Kier molecular flexibility index (Phi) is 6.59. The van der Waals surface area contributed by atoms with Crippen molar-refractivity contribution in [1.29, 1.82) is 0 Å². The molecule has 0 radical (unpaired) electrons. The van der Waals surface area contributed by atoms with Crippen molar-refractivity contribution < 1.29 is 9.59 Å². The molecule has 29 heavy (non-hydrogen) atoms. The maximum absolute atomic E-state index is 12.4. The Balaban J connectivity index is 1.63. The van der Waals surface area contributed by atoms with E-state index in [-0.39, 0.29) is 16.9 Å². The number of aryl methyl sites for hydroxylation is 1. The van der Waals surface area contributed by atoms with Gasteiger partial charge in [-0.3, -0.25) is 14.9 Å². The van der Waals surface area contributed by atoms with Crippen LogP contribution in [0.1, 0.15) is 26.3 Å². The number of rotatable bonds is 4. The fourth-order valence-electron chi connectivity index (χ4n) is 2.64. The molecular formula is C22H18ClN3O2S. The summed E-state index contributed by atoms with van der Waals surface area (Å²) in [4.78, 5) is 24.7. The summed E-state index contributed by atoms with van der Waals surface area (Å²) in [6.45, 7) is 1.91. The summed E-state index contributed by atoms with van der Waals surface area (Å²) < 4.78 is 0. The molecule has 0 aliphatic heterocycles. The highest BCUT2D eigenvalue weighted by Crippen LogP contribution is 2.19. The first-order chi connectivity index (χ1) is 13.9. The van der Waals surface area contributed by atoms with Gasteiger partial charge in [0, 0.05) is 16.9 Å². The molecule has 3 N–H and O–H groups in total. The van der Waals surface area contributed by atoms with Gasteiger partial charge in [0.05, 0.1) is 10.6 Å². The average Bonchev–Trinajstić information content (AvgIpc) is 2.68. The van der Waals surface area contributed by atoms with Crippen LogP contribution < -0.4 is 16.0 Å². The van der Waals surface area contributed by atoms with Crippen molar-refractivity contribution in [2.45, 2.75) is 6.92 Å². The van der Waals surface area contributed by atoms with Crippen LogP contribution in [0.4, 0.5) is 11.4 Å². The van der Waals surface area contributed by atoms with Gasteiger partial charge in [0.15, 0.2) is 5.11 Å². The molecule has 0 fully saturated rings. The molecule has 0 saturated carbocycles. The van der Waals surface area contributed by atoms with E-state index < -0.39 is 0 Å². The van der Waals surface area contributed by atoms with Crippen molar-refractivity contribution in [2.24, 2.45) is 0 Å². The first-order valence-corrected chi connectivity index (χ1v) is 9.56. The van der Waals surface area contributed by atoms with E-state index in [1.807, 2.05) is 19.1 Å². The van der Waals surface area contributed by atoms with Gasteiger partial charge in [-0.1, -0.05) is 47.5 Å². The number of thiocarbonyl (C=S) groups is 1. The van der Waals surface area contributed by atoms with Gasteiger partial charge in [-0.25, -0.2) is 0 Å². The van der Waals surface area contributed by atoms with Crippen LogP contribution in [0.3, 0.4) is 0 Å². The number of benzene rings is 3. The van der Waals surface area contributed by atoms with Gasteiger partial charge in [-0.2, -0.15) is 0 Å². The molecule has 0 spiro atoms. The summed E-state index contributed by atoms with van der Waals surface area (Å²) in [6, 6.07) is 21.0. The summed E-state index contributed by atoms with van der Waals surface area (Å²) in [5, 5.41) is 8.91. The Labute approximate surface area is 179 Å². The lowest BCUT2D eigenvalue weighted by Crippen LogP contribution is -2.34. The zero-order valence-electron chi connectivity index (χ0n) is 15.5. The Morgan fingerprint density at radius 2 is 1.52 bits per heavy atom. The minimum absolute atomic E-state index is 0.158. The van der Waals surface area contributed by atoms with Crippen molar-refractivity contribution in [3.8, 4) is 0 Å². The van der Waals surface area contributed by atoms with Crippen molar-refractivity contribution in [3.05, 3.63) is 94.5 Å². The van der Waals surface area contributed by atoms with Gasteiger partial charge in [-0.05, 0) is 61.6 Å². The topological polar surface area (TPSA) is 70.2 Å². The lowest BCUT2D eigenvalue weighted by molar-refractivity contribution is 0.0976. The molecule has 7 heteroatoms. The molecule has 5 nitrogen and oxygen atoms in total. The molecule has 3 rings (SSSR count). The lowest BCUT2D eigenvalue weighted by atomic mass is 10.1. The van der Waals surface area contributed by atoms with E-state index in [1.165, 1.54) is 0 Å². The summed E-state index contributed by atoms with van der Waals surface area (Å²) in [5.74, 6) is -0.613. The van der Waals surface area contributed by atoms with E-state index in [2.05, 4.69) is 16.0 Å². The summed E-state index contributed by atoms with van der Waals surface area (Å²) in [5.41, 5.74) is 3.08. The Morgan fingerprint density at radius 3 is 2.24 bits per heavy atom. The molecule has 2 amide bonds. The predicted octanol–water partition coefficient (Wildman–Crippen LogP) is 5.03. The van der Waals surface area contributed by atoms with Crippen LogP contribution in [-0.4, -0.2) is 16.9 Å². The number of carbonyl (C=O) groups is 2. The van der Waals surface area contributed by atoms with E-state index in [1.54, 1.807) is 60.7 Å². The maximum atomic E-state index is 12.4. The van der Waals surface area contributed by atoms with E-state index in [9.17, 15) is 9.59 Å². The Morgan fingerprint density at radius 1 is 0.828 bits per heavy atom. The number of halogens is 1. The highest BCUT2D eigenvalue weighted by atomic mass is 35.5. The second-order valence-corrected chi connectivity index (χ2v) is 7.11. The molecule has 0 bridgehead atoms. The highest BCUT2D eigenvalue weighted by molar-refractivity contribution is 7.80. The second-order valence-electron chi connectivity index (χ2n) is 6.29. The van der Waals surface area contributed by atoms with Gasteiger partial charge >= 0.3 is 0 Å². The minimum atomic E-state index is -0.317. The van der Waals surface area contributed by atoms with Crippen LogP contribution in [0.15, 0.2) is 72.8 Å². The molecule has 3 aromatic rings. The zero-order chi connectivity index (χ0) is 20.8. The molecule has 0 heterocycles. The fraction of sp³-hybridized carbons (Fsp3) is 0.0455. The first-order valence-electron chi connectivity index (χ1n) is 8.77. The molecule has 146 valence electrons. The maximum Gasteiger partial charge on any atom is 0.257 e. The van der Waals surface area contributed by atoms with Crippen LogP contribution in [0.5, 0.6) is 0 Å². The predicted molar refractivity (Wildman–Crippen MR) is 121 cm³/mol. The zero-order valence-corrected chi connectivity index (χ0v) is 17.1. The standard InChI is InChI=1S/C22H18ClN3O2S/c1-14-6-4-7-15(12-14)20(27)26-22(29)25-17-9-5-8-16(13-17)24-21(28)18-10-2-3-11-19(18)23/h2-13H,1H3,(H,24,28)(H2,25,26,27,29). The quantitative estimate of drug-likeness (QED) is 0.515. The average molecular weight is 424 g/mol. The molecule has 0 aliphatic rings. The number of nitrogens with one attached hydrogen (secondary N) is 3. The highest BCUT2D eigenvalue weighted by Gasteiger charge is 2.11. The molecular weight excluding hydrogens is 406 g/mol. The molecule has 0 atom stereocenters. The largest absolute Gasteiger partial charge is 0.332 e. The van der Waals surface area contributed by atoms with Gasteiger partial charge in [0.1, 0.15) is 0 Å². The van der Waals surface area contributed by atoms with Gasteiger partial charge in [0.25, 0.3) is 11.8 Å². The van der Waals surface area contributed by atoms with E-state index in [0.717, 1.165) is 5.56 Å². The minimum Gasteiger partial charge on any atom is -0.332 e. The van der Waals surface area contributed by atoms with Crippen LogP contribution >= 0.6 is 23.8 Å². The normalized spacial score (nSPS) is 10.1. The van der Waals surface area contributed by atoms with Crippen molar-refractivity contribution in [1.82, 2.24) is 5.32 Å². The lowest BCUT2D eigenvalue weighted by Gasteiger charge is -2.12. The summed E-state index contributed by atoms with van der Waals surface area (Å²) in [7, 11) is 0. The number of hydrogen-bond donors (Lipinski definition) is 3. The molecule has 0 saturated heterocycles. The van der Waals surface area contributed by atoms with Crippen LogP contribution in [0.25, 0.3) is 0 Å². The third-order valence-electron chi connectivity index (χ3n) is 4.00. The Hall–Kier alpha value is -3.22. The van der Waals surface area contributed by atoms with Crippen LogP contribution in [-0.2, 0) is 0 Å². The van der Waals surface area contributed by atoms with Gasteiger partial charge in [-0.15, -0.1) is 0 Å². The number of hydrogen-bond acceptors (Lipinski definition) is 3. The Bertz CT molecular complexity index is 1080. The van der Waals surface area contributed by atoms with Crippen LogP contribution in [0.2, 0.25) is 5.02 Å². The molecule has 0 aromatic heterocycles. The monoisotopic (exact) mass is 423 g/mol. The van der Waals surface area contributed by atoms with Gasteiger partial charge in [0.2, 0.25) is 0 Å². The summed E-state index contributed by atoms with van der Waals surface area (Å²) >= 11 is 11.3. The third kappa shape index (κ3) is 5.63.